The van der Waals surface area contributed by atoms with Gasteiger partial charge in [0.05, 0.1) is 17.9 Å². The number of aromatic nitrogens is 4. The second-order valence-electron chi connectivity index (χ2n) is 6.56. The Morgan fingerprint density at radius 2 is 1.77 bits per heavy atom. The summed E-state index contributed by atoms with van der Waals surface area (Å²) in [4.78, 5) is 0. The average Bonchev–Trinajstić information content (AvgIpc) is 3.21. The number of nitrogens with one attached hydrogen (secondary N) is 1. The fourth-order valence-corrected chi connectivity index (χ4v) is 3.23. The minimum absolute atomic E-state index is 0.581. The number of aryl methyl sites for hydroxylation is 2. The smallest absolute Gasteiger partial charge is 0.121 e. The van der Waals surface area contributed by atoms with Crippen molar-refractivity contribution in [3.05, 3.63) is 60.7 Å². The predicted octanol–water partition coefficient (Wildman–Crippen LogP) is 3.46. The summed E-state index contributed by atoms with van der Waals surface area (Å²) in [6.07, 6.45) is 7.19. The number of nitrogens with zero attached hydrogens (tertiary/aromatic N) is 4. The van der Waals surface area contributed by atoms with E-state index >= 15 is 0 Å². The van der Waals surface area contributed by atoms with Gasteiger partial charge >= 0.3 is 0 Å². The van der Waals surface area contributed by atoms with Crippen molar-refractivity contribution in [1.29, 1.82) is 0 Å². The molecule has 0 bridgehead atoms. The molecule has 2 N–H and O–H groups in total. The first kappa shape index (κ1) is 16.4. The molecule has 6 nitrogen and oxygen atoms in total. The maximum atomic E-state index is 9.46. The van der Waals surface area contributed by atoms with E-state index in [9.17, 15) is 5.11 Å². The van der Waals surface area contributed by atoms with Gasteiger partial charge in [0.2, 0.25) is 0 Å². The highest BCUT2D eigenvalue weighted by Crippen LogP contribution is 2.32. The van der Waals surface area contributed by atoms with E-state index in [2.05, 4.69) is 40.6 Å². The Morgan fingerprint density at radius 1 is 1.00 bits per heavy atom. The zero-order valence-corrected chi connectivity index (χ0v) is 15.0. The molecule has 1 atom stereocenters. The Kier molecular flexibility index (Phi) is 3.97. The van der Waals surface area contributed by atoms with Crippen molar-refractivity contribution in [2.75, 3.05) is 5.32 Å². The van der Waals surface area contributed by atoms with Gasteiger partial charge in [0, 0.05) is 41.8 Å². The van der Waals surface area contributed by atoms with Crippen LogP contribution < -0.4 is 5.32 Å². The normalized spacial score (nSPS) is 12.5. The second-order valence-corrected chi connectivity index (χ2v) is 6.56. The lowest BCUT2D eigenvalue weighted by atomic mass is 10.0. The quantitative estimate of drug-likeness (QED) is 0.555. The van der Waals surface area contributed by atoms with Gasteiger partial charge in [-0.1, -0.05) is 12.1 Å². The lowest BCUT2D eigenvalue weighted by Gasteiger charge is -2.11. The molecule has 4 aromatic rings. The largest absolute Gasteiger partial charge is 0.374 e. The summed E-state index contributed by atoms with van der Waals surface area (Å²) in [6.45, 7) is 3.77. The molecule has 0 fully saturated rings. The van der Waals surface area contributed by atoms with Gasteiger partial charge in [-0.3, -0.25) is 4.68 Å². The average molecular weight is 347 g/mol. The number of hydrogen-bond acceptors (Lipinski definition) is 4. The monoisotopic (exact) mass is 347 g/mol. The van der Waals surface area contributed by atoms with E-state index in [0.717, 1.165) is 39.0 Å². The number of anilines is 1. The number of fused-ring (bicyclic) bond motifs is 1. The molecule has 1 aromatic carbocycles. The molecule has 0 amide bonds. The van der Waals surface area contributed by atoms with Gasteiger partial charge in [-0.25, -0.2) is 4.52 Å². The Balaban J connectivity index is 1.81. The summed E-state index contributed by atoms with van der Waals surface area (Å²) >= 11 is 0. The van der Waals surface area contributed by atoms with Crippen LogP contribution in [0.1, 0.15) is 12.5 Å². The van der Waals surface area contributed by atoms with Gasteiger partial charge < -0.3 is 10.4 Å². The third-order valence-electron chi connectivity index (χ3n) is 4.41. The zero-order chi connectivity index (χ0) is 18.3. The number of rotatable bonds is 4. The molecule has 0 aliphatic carbocycles. The topological polar surface area (TPSA) is 67.4 Å². The summed E-state index contributed by atoms with van der Waals surface area (Å²) < 4.78 is 3.71. The van der Waals surface area contributed by atoms with E-state index in [1.54, 1.807) is 11.6 Å². The Bertz CT molecular complexity index is 1060. The summed E-state index contributed by atoms with van der Waals surface area (Å²) in [5.74, 6) is 0. The molecule has 0 spiro atoms. The van der Waals surface area contributed by atoms with Crippen LogP contribution in [0, 0.1) is 6.92 Å². The molecule has 6 heteroatoms. The van der Waals surface area contributed by atoms with Crippen LogP contribution in [0.4, 0.5) is 5.69 Å². The molecule has 1 unspecified atom stereocenters. The molecule has 3 heterocycles. The molecule has 0 saturated heterocycles. The molecule has 26 heavy (non-hydrogen) atoms. The maximum absolute atomic E-state index is 9.46. The fraction of sp³-hybridized carbons (Fsp3) is 0.200. The number of benzene rings is 1. The molecule has 0 aliphatic heterocycles. The highest BCUT2D eigenvalue weighted by molar-refractivity contribution is 5.86. The first-order valence-electron chi connectivity index (χ1n) is 8.53. The van der Waals surface area contributed by atoms with Gasteiger partial charge in [0.1, 0.15) is 6.23 Å². The number of aliphatic hydroxyl groups excluding tert-OH is 1. The minimum atomic E-state index is -0.581. The van der Waals surface area contributed by atoms with Gasteiger partial charge in [-0.15, -0.1) is 0 Å². The van der Waals surface area contributed by atoms with Crippen LogP contribution in [-0.4, -0.2) is 30.7 Å². The van der Waals surface area contributed by atoms with Gasteiger partial charge in [0.15, 0.2) is 0 Å². The van der Waals surface area contributed by atoms with E-state index in [4.69, 9.17) is 0 Å². The summed E-state index contributed by atoms with van der Waals surface area (Å²) in [5.41, 5.74) is 7.48. The molecule has 4 rings (SSSR count). The van der Waals surface area contributed by atoms with Crippen LogP contribution >= 0.6 is 0 Å². The van der Waals surface area contributed by atoms with Gasteiger partial charge in [-0.05, 0) is 43.2 Å². The zero-order valence-electron chi connectivity index (χ0n) is 15.0. The van der Waals surface area contributed by atoms with Crippen LogP contribution in [0.25, 0.3) is 27.8 Å². The first-order chi connectivity index (χ1) is 12.5. The van der Waals surface area contributed by atoms with Crippen LogP contribution in [0.15, 0.2) is 55.1 Å². The van der Waals surface area contributed by atoms with Crippen molar-refractivity contribution in [2.45, 2.75) is 20.1 Å². The molecular weight excluding hydrogens is 326 g/mol. The van der Waals surface area contributed by atoms with Gasteiger partial charge in [0.25, 0.3) is 0 Å². The molecule has 0 radical (unpaired) electrons. The van der Waals surface area contributed by atoms with Crippen molar-refractivity contribution in [1.82, 2.24) is 19.4 Å². The van der Waals surface area contributed by atoms with E-state index < -0.39 is 6.23 Å². The highest BCUT2D eigenvalue weighted by atomic mass is 16.3. The summed E-state index contributed by atoms with van der Waals surface area (Å²) in [5, 5.41) is 21.2. The van der Waals surface area contributed by atoms with E-state index in [-0.39, 0.29) is 0 Å². The van der Waals surface area contributed by atoms with Crippen LogP contribution in [0.2, 0.25) is 0 Å². The SMILES string of the molecule is Cc1cnn2cc(-c3cnn(C)c3)cc2c1-c1ccc(NC(C)O)cc1. The van der Waals surface area contributed by atoms with Crippen molar-refractivity contribution in [3.63, 3.8) is 0 Å². The predicted molar refractivity (Wildman–Crippen MR) is 103 cm³/mol. The second kappa shape index (κ2) is 6.31. The molecule has 132 valence electrons. The van der Waals surface area contributed by atoms with E-state index in [1.165, 1.54) is 0 Å². The van der Waals surface area contributed by atoms with Crippen molar-refractivity contribution in [2.24, 2.45) is 7.05 Å². The van der Waals surface area contributed by atoms with Crippen molar-refractivity contribution < 1.29 is 5.11 Å². The summed E-state index contributed by atoms with van der Waals surface area (Å²) in [6, 6.07) is 10.2. The van der Waals surface area contributed by atoms with Crippen LogP contribution in [0.3, 0.4) is 0 Å². The number of hydrogen-bond donors (Lipinski definition) is 2. The minimum Gasteiger partial charge on any atom is -0.374 e. The molecule has 3 aromatic heterocycles. The third-order valence-corrected chi connectivity index (χ3v) is 4.41. The maximum Gasteiger partial charge on any atom is 0.121 e. The van der Waals surface area contributed by atoms with E-state index in [0.29, 0.717) is 0 Å². The Hall–Kier alpha value is -3.12. The standard InChI is InChI=1S/C20H21N5O/c1-13-9-22-25-12-16(17-10-21-24(3)11-17)8-19(25)20(13)15-4-6-18(7-5-15)23-14(2)26/h4-12,14,23,26H,1-3H3. The lowest BCUT2D eigenvalue weighted by Crippen LogP contribution is -2.12. The van der Waals surface area contributed by atoms with Crippen molar-refractivity contribution >= 4 is 11.2 Å². The first-order valence-corrected chi connectivity index (χ1v) is 8.53. The third kappa shape index (κ3) is 2.95. The van der Waals surface area contributed by atoms with Crippen LogP contribution in [-0.2, 0) is 7.05 Å². The number of aliphatic hydroxyl groups is 1. The Morgan fingerprint density at radius 3 is 2.42 bits per heavy atom. The highest BCUT2D eigenvalue weighted by Gasteiger charge is 2.12. The van der Waals surface area contributed by atoms with Crippen LogP contribution in [0.5, 0.6) is 0 Å². The molecular formula is C20H21N5O. The van der Waals surface area contributed by atoms with Gasteiger partial charge in [-0.2, -0.15) is 10.2 Å². The Labute approximate surface area is 151 Å². The lowest BCUT2D eigenvalue weighted by molar-refractivity contribution is 0.224. The molecule has 0 aliphatic rings. The fourth-order valence-electron chi connectivity index (χ4n) is 3.23. The molecule has 0 saturated carbocycles. The summed E-state index contributed by atoms with van der Waals surface area (Å²) in [7, 11) is 1.91. The van der Waals surface area contributed by atoms with Crippen molar-refractivity contribution in [3.8, 4) is 22.3 Å². The van der Waals surface area contributed by atoms with E-state index in [1.807, 2.05) is 48.5 Å².